The molecule has 124 valence electrons. The molecule has 0 saturated heterocycles. The summed E-state index contributed by atoms with van der Waals surface area (Å²) < 4.78 is 7.42. The Hall–Kier alpha value is -1.56. The average molecular weight is 308 g/mol. The van der Waals surface area contributed by atoms with E-state index in [1.165, 1.54) is 18.5 Å². The van der Waals surface area contributed by atoms with E-state index in [0.29, 0.717) is 25.0 Å². The average Bonchev–Trinajstić information content (AvgIpc) is 3.14. The first-order valence-electron chi connectivity index (χ1n) is 8.05. The fourth-order valence-corrected chi connectivity index (χ4v) is 2.36. The standard InChI is InChI=1S/C16H28N4O2/c1-12(10-20-11-17-9-14(20)13-5-6-13)18-7-8-19-15(21)22-16(2,3)4/h9,11-13,18H,5-8,10H2,1-4H3,(H,19,21). The lowest BCUT2D eigenvalue weighted by Gasteiger charge is -2.20. The topological polar surface area (TPSA) is 68.2 Å². The van der Waals surface area contributed by atoms with Gasteiger partial charge in [-0.2, -0.15) is 0 Å². The third kappa shape index (κ3) is 5.67. The third-order valence-electron chi connectivity index (χ3n) is 3.50. The SMILES string of the molecule is CC(Cn1cncc1C1CC1)NCCNC(=O)OC(C)(C)C. The lowest BCUT2D eigenvalue weighted by atomic mass is 10.2. The van der Waals surface area contributed by atoms with Crippen LogP contribution >= 0.6 is 0 Å². The second-order valence-corrected chi connectivity index (χ2v) is 7.03. The highest BCUT2D eigenvalue weighted by atomic mass is 16.6. The van der Waals surface area contributed by atoms with Crippen molar-refractivity contribution in [2.24, 2.45) is 0 Å². The summed E-state index contributed by atoms with van der Waals surface area (Å²) in [6.07, 6.45) is 6.09. The molecule has 0 radical (unpaired) electrons. The van der Waals surface area contributed by atoms with E-state index in [9.17, 15) is 4.79 Å². The van der Waals surface area contributed by atoms with Gasteiger partial charge in [-0.3, -0.25) is 0 Å². The molecule has 1 aromatic heterocycles. The fourth-order valence-electron chi connectivity index (χ4n) is 2.36. The van der Waals surface area contributed by atoms with E-state index in [0.717, 1.165) is 6.54 Å². The number of rotatable bonds is 7. The van der Waals surface area contributed by atoms with Crippen molar-refractivity contribution in [1.82, 2.24) is 20.2 Å². The van der Waals surface area contributed by atoms with Crippen LogP contribution in [-0.4, -0.2) is 40.4 Å². The lowest BCUT2D eigenvalue weighted by molar-refractivity contribution is 0.0528. The van der Waals surface area contributed by atoms with E-state index in [4.69, 9.17) is 4.74 Å². The predicted octanol–water partition coefficient (Wildman–Crippen LogP) is 2.26. The smallest absolute Gasteiger partial charge is 0.407 e. The molecule has 1 atom stereocenters. The Kier molecular flexibility index (Phi) is 5.45. The van der Waals surface area contributed by atoms with Gasteiger partial charge in [-0.1, -0.05) is 0 Å². The van der Waals surface area contributed by atoms with E-state index >= 15 is 0 Å². The zero-order valence-electron chi connectivity index (χ0n) is 14.1. The Bertz CT molecular complexity index is 489. The Labute approximate surface area is 132 Å². The molecular weight excluding hydrogens is 280 g/mol. The predicted molar refractivity (Wildman–Crippen MR) is 85.9 cm³/mol. The van der Waals surface area contributed by atoms with Crippen LogP contribution in [0.15, 0.2) is 12.5 Å². The van der Waals surface area contributed by atoms with Gasteiger partial charge < -0.3 is 19.9 Å². The molecule has 1 heterocycles. The van der Waals surface area contributed by atoms with Crippen molar-refractivity contribution >= 4 is 6.09 Å². The van der Waals surface area contributed by atoms with Gasteiger partial charge in [0.05, 0.1) is 6.33 Å². The summed E-state index contributed by atoms with van der Waals surface area (Å²) in [6, 6.07) is 0.326. The highest BCUT2D eigenvalue weighted by Gasteiger charge is 2.27. The lowest BCUT2D eigenvalue weighted by Crippen LogP contribution is -2.39. The van der Waals surface area contributed by atoms with E-state index in [1.807, 2.05) is 33.3 Å². The van der Waals surface area contributed by atoms with E-state index in [2.05, 4.69) is 27.1 Å². The van der Waals surface area contributed by atoms with Crippen molar-refractivity contribution in [2.75, 3.05) is 13.1 Å². The molecular formula is C16H28N4O2. The van der Waals surface area contributed by atoms with E-state index < -0.39 is 5.60 Å². The van der Waals surface area contributed by atoms with Gasteiger partial charge in [-0.15, -0.1) is 0 Å². The van der Waals surface area contributed by atoms with Gasteiger partial charge in [-0.25, -0.2) is 9.78 Å². The van der Waals surface area contributed by atoms with Crippen molar-refractivity contribution in [3.8, 4) is 0 Å². The molecule has 1 unspecified atom stereocenters. The number of aromatic nitrogens is 2. The minimum Gasteiger partial charge on any atom is -0.444 e. The quantitative estimate of drug-likeness (QED) is 0.758. The van der Waals surface area contributed by atoms with Crippen molar-refractivity contribution in [1.29, 1.82) is 0 Å². The summed E-state index contributed by atoms with van der Waals surface area (Å²) in [4.78, 5) is 15.8. The van der Waals surface area contributed by atoms with Crippen molar-refractivity contribution < 1.29 is 9.53 Å². The molecule has 6 nitrogen and oxygen atoms in total. The van der Waals surface area contributed by atoms with Crippen LogP contribution in [-0.2, 0) is 11.3 Å². The first-order valence-corrected chi connectivity index (χ1v) is 8.05. The number of nitrogens with one attached hydrogen (secondary N) is 2. The molecule has 1 aliphatic carbocycles. The van der Waals surface area contributed by atoms with Gasteiger partial charge in [0.1, 0.15) is 5.60 Å². The Morgan fingerprint density at radius 2 is 2.18 bits per heavy atom. The second-order valence-electron chi connectivity index (χ2n) is 7.03. The number of imidazole rings is 1. The molecule has 1 aliphatic rings. The number of hydrogen-bond acceptors (Lipinski definition) is 4. The summed E-state index contributed by atoms with van der Waals surface area (Å²) >= 11 is 0. The molecule has 1 fully saturated rings. The molecule has 2 rings (SSSR count). The van der Waals surface area contributed by atoms with Gasteiger partial charge in [-0.05, 0) is 40.5 Å². The highest BCUT2D eigenvalue weighted by molar-refractivity contribution is 5.67. The van der Waals surface area contributed by atoms with Crippen molar-refractivity contribution in [2.45, 2.75) is 64.6 Å². The van der Waals surface area contributed by atoms with Crippen LogP contribution in [0.5, 0.6) is 0 Å². The zero-order valence-corrected chi connectivity index (χ0v) is 14.1. The zero-order chi connectivity index (χ0) is 16.2. The van der Waals surface area contributed by atoms with Gasteiger partial charge in [0.25, 0.3) is 0 Å². The Balaban J connectivity index is 1.62. The van der Waals surface area contributed by atoms with Gasteiger partial charge in [0.15, 0.2) is 0 Å². The molecule has 0 spiro atoms. The molecule has 2 N–H and O–H groups in total. The maximum atomic E-state index is 11.5. The number of carbonyl (C=O) groups is 1. The summed E-state index contributed by atoms with van der Waals surface area (Å²) in [6.45, 7) is 9.88. The van der Waals surface area contributed by atoms with Crippen LogP contribution in [0, 0.1) is 0 Å². The highest BCUT2D eigenvalue weighted by Crippen LogP contribution is 2.39. The maximum Gasteiger partial charge on any atom is 0.407 e. The summed E-state index contributed by atoms with van der Waals surface area (Å²) in [5.74, 6) is 0.712. The van der Waals surface area contributed by atoms with Crippen LogP contribution in [0.1, 0.15) is 52.1 Å². The van der Waals surface area contributed by atoms with Gasteiger partial charge in [0, 0.05) is 43.5 Å². The number of alkyl carbamates (subject to hydrolysis) is 1. The van der Waals surface area contributed by atoms with Crippen LogP contribution in [0.25, 0.3) is 0 Å². The molecule has 1 aromatic rings. The number of ether oxygens (including phenoxy) is 1. The molecule has 22 heavy (non-hydrogen) atoms. The first kappa shape index (κ1) is 16.8. The van der Waals surface area contributed by atoms with Gasteiger partial charge in [0.2, 0.25) is 0 Å². The summed E-state index contributed by atoms with van der Waals surface area (Å²) in [7, 11) is 0. The van der Waals surface area contributed by atoms with E-state index in [-0.39, 0.29) is 6.09 Å². The Morgan fingerprint density at radius 3 is 2.82 bits per heavy atom. The number of hydrogen-bond donors (Lipinski definition) is 2. The fraction of sp³-hybridized carbons (Fsp3) is 0.750. The molecule has 0 aromatic carbocycles. The van der Waals surface area contributed by atoms with Crippen molar-refractivity contribution in [3.63, 3.8) is 0 Å². The summed E-state index contributed by atoms with van der Waals surface area (Å²) in [5, 5.41) is 6.16. The molecule has 1 amide bonds. The van der Waals surface area contributed by atoms with Gasteiger partial charge >= 0.3 is 6.09 Å². The third-order valence-corrected chi connectivity index (χ3v) is 3.50. The van der Waals surface area contributed by atoms with E-state index in [1.54, 1.807) is 0 Å². The molecule has 0 aliphatic heterocycles. The monoisotopic (exact) mass is 308 g/mol. The van der Waals surface area contributed by atoms with Crippen LogP contribution in [0.2, 0.25) is 0 Å². The second kappa shape index (κ2) is 7.13. The molecule has 0 bridgehead atoms. The minimum atomic E-state index is -0.453. The van der Waals surface area contributed by atoms with Crippen LogP contribution in [0.4, 0.5) is 4.79 Å². The minimum absolute atomic E-state index is 0.326. The normalized spacial score (nSPS) is 16.4. The van der Waals surface area contributed by atoms with Crippen LogP contribution in [0.3, 0.4) is 0 Å². The largest absolute Gasteiger partial charge is 0.444 e. The first-order chi connectivity index (χ1) is 10.3. The Morgan fingerprint density at radius 1 is 1.45 bits per heavy atom. The van der Waals surface area contributed by atoms with Crippen LogP contribution < -0.4 is 10.6 Å². The maximum absolute atomic E-state index is 11.5. The number of carbonyl (C=O) groups excluding carboxylic acids is 1. The molecule has 6 heteroatoms. The number of nitrogens with zero attached hydrogens (tertiary/aromatic N) is 2. The van der Waals surface area contributed by atoms with Crippen molar-refractivity contribution in [3.05, 3.63) is 18.2 Å². The summed E-state index contributed by atoms with van der Waals surface area (Å²) in [5.41, 5.74) is 0.895. The molecule has 1 saturated carbocycles. The number of amides is 1.